The Morgan fingerprint density at radius 2 is 2.32 bits per heavy atom. The Bertz CT molecular complexity index is 627. The maximum Gasteiger partial charge on any atom is 0.414 e. The molecule has 0 bridgehead atoms. The molecule has 116 valence electrons. The van der Waals surface area contributed by atoms with Crippen molar-refractivity contribution in [3.05, 3.63) is 48.3 Å². The molecule has 1 aliphatic heterocycles. The summed E-state index contributed by atoms with van der Waals surface area (Å²) in [4.78, 5) is 13.3. The maximum atomic E-state index is 11.6. The summed E-state index contributed by atoms with van der Waals surface area (Å²) in [6.45, 7) is 4.85. The summed E-state index contributed by atoms with van der Waals surface area (Å²) in [7, 11) is 0. The quantitative estimate of drug-likeness (QED) is 0.888. The largest absolute Gasteiger partial charge is 0.447 e. The summed E-state index contributed by atoms with van der Waals surface area (Å²) < 4.78 is 6.89. The van der Waals surface area contributed by atoms with Gasteiger partial charge in [-0.25, -0.2) is 4.79 Å². The Labute approximate surface area is 129 Å². The van der Waals surface area contributed by atoms with Crippen molar-refractivity contribution in [1.29, 1.82) is 0 Å². The molecule has 1 atom stereocenters. The van der Waals surface area contributed by atoms with Crippen LogP contribution in [0.3, 0.4) is 0 Å². The molecule has 1 aromatic heterocycles. The van der Waals surface area contributed by atoms with E-state index in [4.69, 9.17) is 4.74 Å². The molecule has 0 radical (unpaired) electrons. The van der Waals surface area contributed by atoms with Crippen LogP contribution in [0.2, 0.25) is 0 Å². The van der Waals surface area contributed by atoms with Crippen LogP contribution >= 0.6 is 0 Å². The van der Waals surface area contributed by atoms with E-state index in [1.54, 1.807) is 11.1 Å². The van der Waals surface area contributed by atoms with Crippen LogP contribution < -0.4 is 10.2 Å². The Morgan fingerprint density at radius 1 is 1.41 bits per heavy atom. The summed E-state index contributed by atoms with van der Waals surface area (Å²) in [5.41, 5.74) is 2.04. The Balaban J connectivity index is 1.60. The van der Waals surface area contributed by atoms with Crippen molar-refractivity contribution >= 4 is 11.8 Å². The number of carbonyl (C=O) groups is 1. The molecule has 1 aromatic carbocycles. The molecule has 1 fully saturated rings. The Kier molecular flexibility index (Phi) is 4.39. The van der Waals surface area contributed by atoms with Crippen LogP contribution in [0, 0.1) is 0 Å². The van der Waals surface area contributed by atoms with E-state index in [-0.39, 0.29) is 12.1 Å². The van der Waals surface area contributed by atoms with Crippen LogP contribution in [-0.4, -0.2) is 35.6 Å². The lowest BCUT2D eigenvalue weighted by Gasteiger charge is -2.18. The van der Waals surface area contributed by atoms with Crippen LogP contribution in [0.1, 0.15) is 18.5 Å². The highest BCUT2D eigenvalue weighted by atomic mass is 16.6. The van der Waals surface area contributed by atoms with E-state index in [1.165, 1.54) is 0 Å². The fourth-order valence-corrected chi connectivity index (χ4v) is 2.54. The predicted molar refractivity (Wildman–Crippen MR) is 83.8 cm³/mol. The smallest absolute Gasteiger partial charge is 0.414 e. The van der Waals surface area contributed by atoms with Gasteiger partial charge in [-0.2, -0.15) is 5.10 Å². The molecule has 1 N–H and O–H groups in total. The molecule has 0 aliphatic carbocycles. The fourth-order valence-electron chi connectivity index (χ4n) is 2.54. The lowest BCUT2D eigenvalue weighted by molar-refractivity contribution is 0.181. The second-order valence-electron chi connectivity index (χ2n) is 5.31. The number of ether oxygens (including phenoxy) is 1. The van der Waals surface area contributed by atoms with Crippen molar-refractivity contribution in [3.8, 4) is 0 Å². The topological polar surface area (TPSA) is 59.4 Å². The number of carbonyl (C=O) groups excluding carboxylic acids is 1. The van der Waals surface area contributed by atoms with Gasteiger partial charge in [0.1, 0.15) is 6.61 Å². The third kappa shape index (κ3) is 3.28. The highest BCUT2D eigenvalue weighted by molar-refractivity contribution is 5.89. The normalized spacial score (nSPS) is 15.9. The summed E-state index contributed by atoms with van der Waals surface area (Å²) >= 11 is 0. The van der Waals surface area contributed by atoms with Gasteiger partial charge in [0, 0.05) is 30.7 Å². The molecule has 1 unspecified atom stereocenters. The van der Waals surface area contributed by atoms with E-state index in [1.807, 2.05) is 35.1 Å². The van der Waals surface area contributed by atoms with Crippen molar-refractivity contribution < 1.29 is 9.53 Å². The monoisotopic (exact) mass is 300 g/mol. The minimum Gasteiger partial charge on any atom is -0.447 e. The number of anilines is 1. The number of benzene rings is 1. The third-order valence-electron chi connectivity index (χ3n) is 3.79. The second kappa shape index (κ2) is 6.62. The molecule has 0 saturated carbocycles. The average Bonchev–Trinajstić information content (AvgIpc) is 3.19. The zero-order valence-corrected chi connectivity index (χ0v) is 12.6. The van der Waals surface area contributed by atoms with Gasteiger partial charge in [0.15, 0.2) is 0 Å². The van der Waals surface area contributed by atoms with E-state index in [0.29, 0.717) is 13.2 Å². The van der Waals surface area contributed by atoms with E-state index < -0.39 is 0 Å². The van der Waals surface area contributed by atoms with Crippen LogP contribution in [-0.2, 0) is 11.3 Å². The van der Waals surface area contributed by atoms with Crippen molar-refractivity contribution in [3.63, 3.8) is 0 Å². The molecular weight excluding hydrogens is 280 g/mol. The molecule has 1 aliphatic rings. The van der Waals surface area contributed by atoms with Crippen LogP contribution in [0.5, 0.6) is 0 Å². The molecule has 6 nitrogen and oxygen atoms in total. The first-order valence-electron chi connectivity index (χ1n) is 7.49. The van der Waals surface area contributed by atoms with Gasteiger partial charge in [-0.05, 0) is 30.7 Å². The van der Waals surface area contributed by atoms with E-state index in [2.05, 4.69) is 23.4 Å². The molecule has 0 spiro atoms. The molecule has 3 rings (SSSR count). The van der Waals surface area contributed by atoms with E-state index >= 15 is 0 Å². The van der Waals surface area contributed by atoms with Crippen molar-refractivity contribution in [1.82, 2.24) is 15.1 Å². The molecule has 22 heavy (non-hydrogen) atoms. The minimum atomic E-state index is -0.267. The zero-order valence-electron chi connectivity index (χ0n) is 12.6. The van der Waals surface area contributed by atoms with Gasteiger partial charge in [-0.3, -0.25) is 9.58 Å². The minimum absolute atomic E-state index is 0.203. The van der Waals surface area contributed by atoms with Crippen molar-refractivity contribution in [2.24, 2.45) is 0 Å². The molecule has 2 aromatic rings. The first-order valence-corrected chi connectivity index (χ1v) is 7.49. The molecule has 1 amide bonds. The Hall–Kier alpha value is -2.34. The zero-order chi connectivity index (χ0) is 15.4. The van der Waals surface area contributed by atoms with Gasteiger partial charge < -0.3 is 10.1 Å². The standard InChI is InChI=1S/C16H20N4O2/c1-13(17-7-9-19-8-3-6-18-19)14-4-2-5-15(12-14)20-10-11-22-16(20)21/h2-6,8,12-13,17H,7,9-11H2,1H3. The van der Waals surface area contributed by atoms with Gasteiger partial charge in [0.2, 0.25) is 0 Å². The first kappa shape index (κ1) is 14.6. The summed E-state index contributed by atoms with van der Waals surface area (Å²) in [5.74, 6) is 0. The lowest BCUT2D eigenvalue weighted by atomic mass is 10.1. The van der Waals surface area contributed by atoms with Gasteiger partial charge in [-0.15, -0.1) is 0 Å². The predicted octanol–water partition coefficient (Wildman–Crippen LogP) is 2.19. The van der Waals surface area contributed by atoms with E-state index in [9.17, 15) is 4.79 Å². The summed E-state index contributed by atoms with van der Waals surface area (Å²) in [6, 6.07) is 10.1. The van der Waals surface area contributed by atoms with Crippen LogP contribution in [0.4, 0.5) is 10.5 Å². The fraction of sp³-hybridized carbons (Fsp3) is 0.375. The van der Waals surface area contributed by atoms with Crippen molar-refractivity contribution in [2.45, 2.75) is 19.5 Å². The SMILES string of the molecule is CC(NCCn1cccn1)c1cccc(N2CCOC2=O)c1. The third-order valence-corrected chi connectivity index (χ3v) is 3.79. The number of hydrogen-bond donors (Lipinski definition) is 1. The Morgan fingerprint density at radius 3 is 3.05 bits per heavy atom. The van der Waals surface area contributed by atoms with Crippen LogP contribution in [0.25, 0.3) is 0 Å². The summed E-state index contributed by atoms with van der Waals surface area (Å²) in [5, 5.41) is 7.65. The molecule has 1 saturated heterocycles. The van der Waals surface area contributed by atoms with Crippen molar-refractivity contribution in [2.75, 3.05) is 24.6 Å². The number of amides is 1. The number of rotatable bonds is 6. The number of cyclic esters (lactones) is 1. The number of nitrogens with zero attached hydrogens (tertiary/aromatic N) is 3. The molecule has 6 heteroatoms. The first-order chi connectivity index (χ1) is 10.7. The lowest BCUT2D eigenvalue weighted by Crippen LogP contribution is -2.25. The van der Waals surface area contributed by atoms with Gasteiger partial charge in [-0.1, -0.05) is 12.1 Å². The number of aromatic nitrogens is 2. The van der Waals surface area contributed by atoms with E-state index in [0.717, 1.165) is 24.3 Å². The second-order valence-corrected chi connectivity index (χ2v) is 5.31. The maximum absolute atomic E-state index is 11.6. The summed E-state index contributed by atoms with van der Waals surface area (Å²) in [6.07, 6.45) is 3.46. The molecular formula is C16H20N4O2. The van der Waals surface area contributed by atoms with Gasteiger partial charge >= 0.3 is 6.09 Å². The molecule has 2 heterocycles. The van der Waals surface area contributed by atoms with Gasteiger partial charge in [0.05, 0.1) is 13.1 Å². The average molecular weight is 300 g/mol. The van der Waals surface area contributed by atoms with Gasteiger partial charge in [0.25, 0.3) is 0 Å². The number of nitrogens with one attached hydrogen (secondary N) is 1. The van der Waals surface area contributed by atoms with Crippen LogP contribution in [0.15, 0.2) is 42.7 Å². The number of hydrogen-bond acceptors (Lipinski definition) is 4. The highest BCUT2D eigenvalue weighted by Crippen LogP contribution is 2.23. The highest BCUT2D eigenvalue weighted by Gasteiger charge is 2.23.